The molecule has 0 saturated heterocycles. The van der Waals surface area contributed by atoms with Gasteiger partial charge in [0, 0.05) is 0 Å². The van der Waals surface area contributed by atoms with Gasteiger partial charge in [0.05, 0.1) is 0 Å². The summed E-state index contributed by atoms with van der Waals surface area (Å²) in [5.41, 5.74) is 0.206. The Morgan fingerprint density at radius 1 is 2.00 bits per heavy atom. The lowest BCUT2D eigenvalue weighted by atomic mass is 9.78. The van der Waals surface area contributed by atoms with Gasteiger partial charge in [-0.15, -0.1) is 0 Å². The average Bonchev–Trinajstić information content (AvgIpc) is 1.35. The Bertz CT molecular complexity index is 54.8. The highest BCUT2D eigenvalue weighted by Gasteiger charge is 1.88. The molecule has 0 rings (SSSR count). The molecule has 6 heavy (non-hydrogen) atoms. The van der Waals surface area contributed by atoms with Crippen LogP contribution in [0.4, 0.5) is 4.79 Å². The van der Waals surface area contributed by atoms with Crippen LogP contribution in [0.25, 0.3) is 0 Å². The summed E-state index contributed by atoms with van der Waals surface area (Å²) in [5.74, 6) is 0. The summed E-state index contributed by atoms with van der Waals surface area (Å²) in [7, 11) is 2.84. The fraction of sp³-hybridized carbons (Fsp3) is 0.667. The highest BCUT2D eigenvalue weighted by molar-refractivity contribution is 7.49. The number of hydrogen-bond acceptors (Lipinski definition) is 1. The van der Waals surface area contributed by atoms with E-state index in [0.717, 1.165) is 6.32 Å². The van der Waals surface area contributed by atoms with Crippen LogP contribution in [0.3, 0.4) is 0 Å². The van der Waals surface area contributed by atoms with Gasteiger partial charge in [0.15, 0.2) is 0 Å². The van der Waals surface area contributed by atoms with E-state index in [9.17, 15) is 4.79 Å². The van der Waals surface area contributed by atoms with Gasteiger partial charge in [-0.05, 0) is 0 Å². The average molecular weight is 102 g/mol. The Balaban J connectivity index is 2.83. The van der Waals surface area contributed by atoms with Crippen LogP contribution in [0.5, 0.6) is 0 Å². The van der Waals surface area contributed by atoms with Crippen molar-refractivity contribution >= 4 is 21.9 Å². The van der Waals surface area contributed by atoms with Gasteiger partial charge in [0.25, 0.3) is 0 Å². The lowest BCUT2D eigenvalue weighted by Crippen LogP contribution is -1.92. The van der Waals surface area contributed by atoms with Gasteiger partial charge in [0.2, 0.25) is 7.28 Å². The van der Waals surface area contributed by atoms with E-state index in [2.05, 4.69) is 9.24 Å². The van der Waals surface area contributed by atoms with E-state index in [-0.39, 0.29) is 5.42 Å². The number of rotatable bonds is 2. The van der Waals surface area contributed by atoms with Gasteiger partial charge in [-0.1, -0.05) is 22.5 Å². The Labute approximate surface area is 40.9 Å². The first-order valence-corrected chi connectivity index (χ1v) is 2.63. The standard InChI is InChI=1S/C3H8BOP/c1-2-4-3(5)6/h4H,2,6H2,1H3. The maximum absolute atomic E-state index is 10.0. The number of hydrogen-bond donors (Lipinski definition) is 0. The molecule has 0 spiro atoms. The predicted octanol–water partition coefficient (Wildman–Crippen LogP) is 0.856. The second-order valence-electron chi connectivity index (χ2n) is 1.22. The Morgan fingerprint density at radius 2 is 2.50 bits per heavy atom. The van der Waals surface area contributed by atoms with Crippen LogP contribution in [-0.2, 0) is 0 Å². The highest BCUT2D eigenvalue weighted by atomic mass is 31.0. The molecule has 0 bridgehead atoms. The van der Waals surface area contributed by atoms with Crippen LogP contribution in [0.15, 0.2) is 0 Å². The molecule has 0 saturated carbocycles. The second kappa shape index (κ2) is 3.36. The molecule has 0 fully saturated rings. The Morgan fingerprint density at radius 3 is 2.50 bits per heavy atom. The maximum Gasteiger partial charge on any atom is 0.210 e. The van der Waals surface area contributed by atoms with Crippen molar-refractivity contribution in [3.63, 3.8) is 0 Å². The first-order chi connectivity index (χ1) is 2.77. The number of carbonyl (C=O) groups is 1. The molecule has 0 amide bonds. The third kappa shape index (κ3) is 4.16. The third-order valence-corrected chi connectivity index (χ3v) is 0.785. The van der Waals surface area contributed by atoms with Crippen LogP contribution < -0.4 is 0 Å². The fourth-order valence-electron chi connectivity index (χ4n) is 0.246. The van der Waals surface area contributed by atoms with Crippen molar-refractivity contribution in [1.82, 2.24) is 0 Å². The van der Waals surface area contributed by atoms with Crippen molar-refractivity contribution in [3.8, 4) is 0 Å². The molecule has 0 heterocycles. The van der Waals surface area contributed by atoms with Crippen LogP contribution in [0.2, 0.25) is 6.32 Å². The first-order valence-electron chi connectivity index (χ1n) is 2.05. The predicted molar refractivity (Wildman–Crippen MR) is 32.7 cm³/mol. The lowest BCUT2D eigenvalue weighted by Gasteiger charge is -1.77. The fourth-order valence-corrected chi connectivity index (χ4v) is 0.535. The molecule has 0 aromatic carbocycles. The molecule has 34 valence electrons. The van der Waals surface area contributed by atoms with Crippen LogP contribution in [-0.4, -0.2) is 12.7 Å². The molecule has 0 N–H and O–H groups in total. The van der Waals surface area contributed by atoms with Crippen molar-refractivity contribution in [2.75, 3.05) is 0 Å². The molecule has 1 unspecified atom stereocenters. The largest absolute Gasteiger partial charge is 0.307 e. The van der Waals surface area contributed by atoms with E-state index in [1.165, 1.54) is 0 Å². The lowest BCUT2D eigenvalue weighted by molar-refractivity contribution is 0.275. The maximum atomic E-state index is 10.0. The van der Waals surface area contributed by atoms with E-state index in [0.29, 0.717) is 7.28 Å². The van der Waals surface area contributed by atoms with Gasteiger partial charge in [-0.25, -0.2) is 0 Å². The van der Waals surface area contributed by atoms with Crippen molar-refractivity contribution in [2.45, 2.75) is 13.2 Å². The smallest absolute Gasteiger partial charge is 0.210 e. The molecule has 1 atom stereocenters. The van der Waals surface area contributed by atoms with Gasteiger partial charge in [0.1, 0.15) is 5.42 Å². The topological polar surface area (TPSA) is 17.1 Å². The Kier molecular flexibility index (Phi) is 3.45. The zero-order valence-electron chi connectivity index (χ0n) is 3.90. The van der Waals surface area contributed by atoms with Crippen molar-refractivity contribution in [3.05, 3.63) is 0 Å². The van der Waals surface area contributed by atoms with E-state index in [1.54, 1.807) is 0 Å². The summed E-state index contributed by atoms with van der Waals surface area (Å²) >= 11 is 0. The van der Waals surface area contributed by atoms with Gasteiger partial charge >= 0.3 is 0 Å². The molecule has 0 aliphatic rings. The van der Waals surface area contributed by atoms with E-state index in [4.69, 9.17) is 0 Å². The monoisotopic (exact) mass is 102 g/mol. The minimum atomic E-state index is 0.206. The van der Waals surface area contributed by atoms with Crippen molar-refractivity contribution in [2.24, 2.45) is 0 Å². The second-order valence-corrected chi connectivity index (χ2v) is 1.86. The summed E-state index contributed by atoms with van der Waals surface area (Å²) in [6, 6.07) is 0. The van der Waals surface area contributed by atoms with Gasteiger partial charge in [-0.2, -0.15) is 0 Å². The highest BCUT2D eigenvalue weighted by Crippen LogP contribution is 1.86. The molecular weight excluding hydrogens is 93.8 g/mol. The SMILES string of the molecule is CCBC(=O)P. The summed E-state index contributed by atoms with van der Waals surface area (Å²) < 4.78 is 0. The molecule has 0 aliphatic carbocycles. The minimum absolute atomic E-state index is 0.206. The van der Waals surface area contributed by atoms with Gasteiger partial charge < -0.3 is 4.79 Å². The molecule has 0 aromatic rings. The van der Waals surface area contributed by atoms with E-state index >= 15 is 0 Å². The molecule has 0 radical (unpaired) electrons. The van der Waals surface area contributed by atoms with Crippen LogP contribution in [0, 0.1) is 0 Å². The first kappa shape index (κ1) is 6.16. The van der Waals surface area contributed by atoms with Crippen LogP contribution >= 0.6 is 9.24 Å². The number of carbonyl (C=O) groups excluding carboxylic acids is 1. The summed E-state index contributed by atoms with van der Waals surface area (Å²) in [6.07, 6.45) is 0.961. The van der Waals surface area contributed by atoms with Crippen molar-refractivity contribution < 1.29 is 4.79 Å². The quantitative estimate of drug-likeness (QED) is 0.373. The van der Waals surface area contributed by atoms with Gasteiger partial charge in [-0.3, -0.25) is 0 Å². The zero-order valence-corrected chi connectivity index (χ0v) is 5.05. The van der Waals surface area contributed by atoms with Crippen LogP contribution in [0.1, 0.15) is 6.92 Å². The van der Waals surface area contributed by atoms with E-state index in [1.807, 2.05) is 6.92 Å². The summed E-state index contributed by atoms with van der Waals surface area (Å²) in [5, 5.41) is 0. The summed E-state index contributed by atoms with van der Waals surface area (Å²) in [4.78, 5) is 10.0. The Hall–Kier alpha value is 0.165. The van der Waals surface area contributed by atoms with Crippen molar-refractivity contribution in [1.29, 1.82) is 0 Å². The molecule has 0 aromatic heterocycles. The molecule has 0 aliphatic heterocycles. The minimum Gasteiger partial charge on any atom is -0.307 e. The van der Waals surface area contributed by atoms with E-state index < -0.39 is 0 Å². The summed E-state index contributed by atoms with van der Waals surface area (Å²) in [6.45, 7) is 1.99. The third-order valence-electron chi connectivity index (χ3n) is 0.496. The molecule has 1 nitrogen and oxygen atoms in total. The molecular formula is C3H8BOP. The zero-order chi connectivity index (χ0) is 4.99. The molecule has 3 heteroatoms. The normalized spacial score (nSPS) is 7.67.